The molecular formula is C31H29F3N6O. The number of nitrogens with zero attached hydrogens (tertiary/aromatic N) is 4. The van der Waals surface area contributed by atoms with Gasteiger partial charge in [0, 0.05) is 73.3 Å². The van der Waals surface area contributed by atoms with Crippen LogP contribution in [0.4, 0.5) is 24.7 Å². The topological polar surface area (TPSA) is 87.4 Å². The summed E-state index contributed by atoms with van der Waals surface area (Å²) >= 11 is 0. The molecule has 0 atom stereocenters. The van der Waals surface area contributed by atoms with Gasteiger partial charge in [-0.2, -0.15) is 13.2 Å². The molecule has 0 unspecified atom stereocenters. The van der Waals surface area contributed by atoms with E-state index >= 15 is 0 Å². The third-order valence-corrected chi connectivity index (χ3v) is 7.08. The first-order chi connectivity index (χ1) is 19.6. The second kappa shape index (κ2) is 11.6. The summed E-state index contributed by atoms with van der Waals surface area (Å²) in [7, 11) is 1.99. The van der Waals surface area contributed by atoms with Crippen molar-refractivity contribution in [3.8, 4) is 11.8 Å². The van der Waals surface area contributed by atoms with E-state index < -0.39 is 17.6 Å². The molecule has 1 amide bonds. The molecule has 5 rings (SSSR count). The highest BCUT2D eigenvalue weighted by atomic mass is 19.4. The summed E-state index contributed by atoms with van der Waals surface area (Å²) in [6.45, 7) is 5.17. The molecule has 1 saturated heterocycles. The molecule has 1 aliphatic rings. The number of rotatable bonds is 4. The SMILES string of the molecule is Cc1ccc2c(N)ncc(C#Cc3cncc(C(=O)Nc4ccc(CN5CCN(C)CC5)c(C(F)(F)F)c4)c3)c2c1. The van der Waals surface area contributed by atoms with Crippen molar-refractivity contribution < 1.29 is 18.0 Å². The lowest BCUT2D eigenvalue weighted by Gasteiger charge is -2.33. The van der Waals surface area contributed by atoms with E-state index in [2.05, 4.69) is 32.0 Å². The van der Waals surface area contributed by atoms with Gasteiger partial charge in [-0.15, -0.1) is 0 Å². The van der Waals surface area contributed by atoms with Gasteiger partial charge in [-0.25, -0.2) is 4.98 Å². The third kappa shape index (κ3) is 6.65. The zero-order valence-corrected chi connectivity index (χ0v) is 22.7. The van der Waals surface area contributed by atoms with Crippen molar-refractivity contribution in [1.29, 1.82) is 0 Å². The van der Waals surface area contributed by atoms with Crippen molar-refractivity contribution in [2.45, 2.75) is 19.6 Å². The molecule has 1 fully saturated rings. The van der Waals surface area contributed by atoms with Crippen molar-refractivity contribution in [1.82, 2.24) is 19.8 Å². The van der Waals surface area contributed by atoms with Crippen LogP contribution in [-0.4, -0.2) is 58.9 Å². The number of nitrogens with one attached hydrogen (secondary N) is 1. The van der Waals surface area contributed by atoms with Crippen molar-refractivity contribution in [2.75, 3.05) is 44.3 Å². The largest absolute Gasteiger partial charge is 0.416 e. The van der Waals surface area contributed by atoms with Crippen LogP contribution in [0.5, 0.6) is 0 Å². The van der Waals surface area contributed by atoms with Crippen LogP contribution in [0.1, 0.15) is 38.2 Å². The van der Waals surface area contributed by atoms with Gasteiger partial charge < -0.3 is 16.0 Å². The summed E-state index contributed by atoms with van der Waals surface area (Å²) in [6, 6.07) is 11.3. The van der Waals surface area contributed by atoms with Gasteiger partial charge in [-0.3, -0.25) is 14.7 Å². The fourth-order valence-corrected chi connectivity index (χ4v) is 4.76. The molecule has 0 aliphatic carbocycles. The van der Waals surface area contributed by atoms with E-state index in [0.717, 1.165) is 35.5 Å². The lowest BCUT2D eigenvalue weighted by Crippen LogP contribution is -2.44. The van der Waals surface area contributed by atoms with Crippen LogP contribution in [0, 0.1) is 18.8 Å². The number of hydrogen-bond acceptors (Lipinski definition) is 6. The predicted molar refractivity (Wildman–Crippen MR) is 153 cm³/mol. The van der Waals surface area contributed by atoms with E-state index in [1.807, 2.05) is 37.1 Å². The van der Waals surface area contributed by atoms with Gasteiger partial charge in [0.15, 0.2) is 0 Å². The Kier molecular flexibility index (Phi) is 7.92. The number of anilines is 2. The highest BCUT2D eigenvalue weighted by Gasteiger charge is 2.34. The Morgan fingerprint density at radius 1 is 1.00 bits per heavy atom. The van der Waals surface area contributed by atoms with Crippen LogP contribution < -0.4 is 11.1 Å². The first-order valence-electron chi connectivity index (χ1n) is 13.1. The zero-order chi connectivity index (χ0) is 29.1. The highest BCUT2D eigenvalue weighted by molar-refractivity contribution is 6.04. The summed E-state index contributed by atoms with van der Waals surface area (Å²) in [6.07, 6.45) is -0.105. The Balaban J connectivity index is 1.35. The van der Waals surface area contributed by atoms with Crippen molar-refractivity contribution in [2.24, 2.45) is 0 Å². The predicted octanol–water partition coefficient (Wildman–Crippen LogP) is 4.94. The van der Waals surface area contributed by atoms with Crippen LogP contribution in [-0.2, 0) is 12.7 Å². The number of carbonyl (C=O) groups is 1. The summed E-state index contributed by atoms with van der Waals surface area (Å²) in [5.41, 5.74) is 7.84. The number of aryl methyl sites for hydroxylation is 1. The average Bonchev–Trinajstić information content (AvgIpc) is 2.94. The molecule has 2 aromatic heterocycles. The lowest BCUT2D eigenvalue weighted by atomic mass is 10.0. The van der Waals surface area contributed by atoms with Gasteiger partial charge in [-0.1, -0.05) is 35.6 Å². The van der Waals surface area contributed by atoms with Gasteiger partial charge in [0.1, 0.15) is 5.82 Å². The molecule has 1 aliphatic heterocycles. The number of aromatic nitrogens is 2. The number of nitrogen functional groups attached to an aromatic ring is 1. The van der Waals surface area contributed by atoms with Crippen LogP contribution in [0.25, 0.3) is 10.8 Å². The molecule has 41 heavy (non-hydrogen) atoms. The zero-order valence-electron chi connectivity index (χ0n) is 22.7. The molecule has 2 aromatic carbocycles. The lowest BCUT2D eigenvalue weighted by molar-refractivity contribution is -0.138. The molecule has 3 N–H and O–H groups in total. The van der Waals surface area contributed by atoms with Crippen LogP contribution >= 0.6 is 0 Å². The number of piperazine rings is 1. The van der Waals surface area contributed by atoms with Gasteiger partial charge in [0.25, 0.3) is 5.91 Å². The van der Waals surface area contributed by atoms with E-state index in [4.69, 9.17) is 5.73 Å². The molecule has 3 heterocycles. The number of nitrogens with two attached hydrogens (primary N) is 1. The Labute approximate surface area is 236 Å². The van der Waals surface area contributed by atoms with Crippen molar-refractivity contribution >= 4 is 28.2 Å². The number of pyridine rings is 2. The average molecular weight is 559 g/mol. The molecule has 7 nitrogen and oxygen atoms in total. The summed E-state index contributed by atoms with van der Waals surface area (Å²) < 4.78 is 41.8. The minimum Gasteiger partial charge on any atom is -0.383 e. The maximum absolute atomic E-state index is 13.9. The van der Waals surface area contributed by atoms with Crippen LogP contribution in [0.3, 0.4) is 0 Å². The molecular weight excluding hydrogens is 529 g/mol. The number of alkyl halides is 3. The minimum atomic E-state index is -4.56. The minimum absolute atomic E-state index is 0.0516. The smallest absolute Gasteiger partial charge is 0.383 e. The second-order valence-corrected chi connectivity index (χ2v) is 10.2. The Hall–Kier alpha value is -4.46. The third-order valence-electron chi connectivity index (χ3n) is 7.08. The van der Waals surface area contributed by atoms with Crippen molar-refractivity contribution in [3.63, 3.8) is 0 Å². The van der Waals surface area contributed by atoms with E-state index in [1.165, 1.54) is 24.5 Å². The Bertz CT molecular complexity index is 1670. The quantitative estimate of drug-likeness (QED) is 0.345. The standard InChI is InChI=1S/C31H29F3N6O/c1-20-3-8-26-27(13-20)22(18-37-29(26)35)5-4-21-14-24(17-36-16-21)30(41)38-25-7-6-23(28(15-25)31(32,33)34)19-40-11-9-39(2)10-12-40/h3,6-8,13-18H,9-12,19H2,1-2H3,(H2,35,37)(H,38,41). The monoisotopic (exact) mass is 558 g/mol. The normalized spacial score (nSPS) is 14.5. The first-order valence-corrected chi connectivity index (χ1v) is 13.1. The summed E-state index contributed by atoms with van der Waals surface area (Å²) in [4.78, 5) is 25.4. The fourth-order valence-electron chi connectivity index (χ4n) is 4.76. The summed E-state index contributed by atoms with van der Waals surface area (Å²) in [5, 5.41) is 4.23. The number of likely N-dealkylation sites (N-methyl/N-ethyl adjacent to an activating group) is 1. The van der Waals surface area contributed by atoms with Gasteiger partial charge in [-0.05, 0) is 43.8 Å². The molecule has 0 bridgehead atoms. The Morgan fingerprint density at radius 2 is 1.78 bits per heavy atom. The number of amides is 1. The van der Waals surface area contributed by atoms with Gasteiger partial charge in [0.05, 0.1) is 16.7 Å². The van der Waals surface area contributed by atoms with Gasteiger partial charge >= 0.3 is 6.18 Å². The molecule has 4 aromatic rings. The molecule has 0 saturated carbocycles. The molecule has 0 radical (unpaired) electrons. The second-order valence-electron chi connectivity index (χ2n) is 10.2. The highest BCUT2D eigenvalue weighted by Crippen LogP contribution is 2.35. The number of halogens is 3. The fraction of sp³-hybridized carbons (Fsp3) is 0.258. The van der Waals surface area contributed by atoms with Crippen LogP contribution in [0.15, 0.2) is 61.1 Å². The van der Waals surface area contributed by atoms with Gasteiger partial charge in [0.2, 0.25) is 0 Å². The number of carbonyl (C=O) groups excluding carboxylic acids is 1. The van der Waals surface area contributed by atoms with E-state index in [0.29, 0.717) is 30.0 Å². The number of hydrogen-bond donors (Lipinski definition) is 2. The number of benzene rings is 2. The van der Waals surface area contributed by atoms with E-state index in [1.54, 1.807) is 12.3 Å². The van der Waals surface area contributed by atoms with E-state index in [9.17, 15) is 18.0 Å². The van der Waals surface area contributed by atoms with Crippen molar-refractivity contribution in [3.05, 3.63) is 94.4 Å². The van der Waals surface area contributed by atoms with E-state index in [-0.39, 0.29) is 23.4 Å². The molecule has 0 spiro atoms. The first kappa shape index (κ1) is 28.1. The maximum Gasteiger partial charge on any atom is 0.416 e. The Morgan fingerprint density at radius 3 is 2.54 bits per heavy atom. The molecule has 10 heteroatoms. The van der Waals surface area contributed by atoms with Crippen LogP contribution in [0.2, 0.25) is 0 Å². The number of fused-ring (bicyclic) bond motifs is 1. The molecule has 210 valence electrons. The maximum atomic E-state index is 13.9. The summed E-state index contributed by atoms with van der Waals surface area (Å²) in [5.74, 6) is 5.89.